The topological polar surface area (TPSA) is 72.2 Å². The van der Waals surface area contributed by atoms with Crippen LogP contribution in [-0.4, -0.2) is 21.0 Å². The van der Waals surface area contributed by atoms with Gasteiger partial charge >= 0.3 is 0 Å². The van der Waals surface area contributed by atoms with Crippen molar-refractivity contribution in [2.75, 3.05) is 6.54 Å². The summed E-state index contributed by atoms with van der Waals surface area (Å²) in [5.74, 6) is -0.737. The standard InChI is InChI=1S/C13H21FN2O2S/c1-3-4-5-11(9-15)16-19(17,18)13-7-6-10(2)8-12(13)14/h6-8,11,16H,3-5,9,15H2,1-2H3. The minimum absolute atomic E-state index is 0.201. The first-order chi connectivity index (χ1) is 8.90. The van der Waals surface area contributed by atoms with E-state index in [1.807, 2.05) is 6.92 Å². The number of sulfonamides is 1. The van der Waals surface area contributed by atoms with E-state index in [0.29, 0.717) is 12.0 Å². The van der Waals surface area contributed by atoms with Gasteiger partial charge in [-0.05, 0) is 31.0 Å². The molecular formula is C13H21FN2O2S. The Morgan fingerprint density at radius 2 is 2.11 bits per heavy atom. The molecule has 108 valence electrons. The van der Waals surface area contributed by atoms with E-state index in [9.17, 15) is 12.8 Å². The van der Waals surface area contributed by atoms with E-state index in [4.69, 9.17) is 5.73 Å². The SMILES string of the molecule is CCCCC(CN)NS(=O)(=O)c1ccc(C)cc1F. The van der Waals surface area contributed by atoms with E-state index >= 15 is 0 Å². The van der Waals surface area contributed by atoms with Gasteiger partial charge in [0.2, 0.25) is 10.0 Å². The Bertz CT molecular complexity index is 517. The van der Waals surface area contributed by atoms with E-state index in [-0.39, 0.29) is 17.5 Å². The predicted molar refractivity (Wildman–Crippen MR) is 73.8 cm³/mol. The van der Waals surface area contributed by atoms with Gasteiger partial charge < -0.3 is 5.73 Å². The quantitative estimate of drug-likeness (QED) is 0.805. The zero-order chi connectivity index (χ0) is 14.5. The van der Waals surface area contributed by atoms with Gasteiger partial charge in [0.25, 0.3) is 0 Å². The summed E-state index contributed by atoms with van der Waals surface area (Å²) < 4.78 is 40.3. The van der Waals surface area contributed by atoms with Crippen molar-refractivity contribution < 1.29 is 12.8 Å². The van der Waals surface area contributed by atoms with Crippen molar-refractivity contribution in [3.63, 3.8) is 0 Å². The van der Waals surface area contributed by atoms with Gasteiger partial charge in [-0.2, -0.15) is 0 Å². The maximum atomic E-state index is 13.7. The van der Waals surface area contributed by atoms with Crippen molar-refractivity contribution in [3.05, 3.63) is 29.6 Å². The molecule has 3 N–H and O–H groups in total. The Hall–Kier alpha value is -0.980. The average molecular weight is 288 g/mol. The molecular weight excluding hydrogens is 267 g/mol. The summed E-state index contributed by atoms with van der Waals surface area (Å²) in [4.78, 5) is -0.326. The molecule has 0 fully saturated rings. The molecule has 1 aromatic carbocycles. The molecule has 0 aromatic heterocycles. The first-order valence-corrected chi connectivity index (χ1v) is 7.87. The third-order valence-corrected chi connectivity index (χ3v) is 4.44. The minimum atomic E-state index is -3.85. The second kappa shape index (κ2) is 6.98. The molecule has 0 saturated carbocycles. The normalized spacial score (nSPS) is 13.5. The molecule has 0 amide bonds. The summed E-state index contributed by atoms with van der Waals surface area (Å²) in [5.41, 5.74) is 6.22. The summed E-state index contributed by atoms with van der Waals surface area (Å²) >= 11 is 0. The van der Waals surface area contributed by atoms with Crippen LogP contribution in [0.2, 0.25) is 0 Å². The summed E-state index contributed by atoms with van der Waals surface area (Å²) in [6.45, 7) is 3.92. The summed E-state index contributed by atoms with van der Waals surface area (Å²) in [6.07, 6.45) is 2.48. The van der Waals surface area contributed by atoms with Crippen molar-refractivity contribution in [1.29, 1.82) is 0 Å². The second-order valence-corrected chi connectivity index (χ2v) is 6.31. The molecule has 0 aliphatic carbocycles. The summed E-state index contributed by atoms with van der Waals surface area (Å²) in [5, 5.41) is 0. The van der Waals surface area contributed by atoms with Crippen LogP contribution < -0.4 is 10.5 Å². The van der Waals surface area contributed by atoms with Crippen LogP contribution in [0, 0.1) is 12.7 Å². The lowest BCUT2D eigenvalue weighted by Gasteiger charge is -2.17. The van der Waals surface area contributed by atoms with Gasteiger partial charge in [-0.15, -0.1) is 0 Å². The van der Waals surface area contributed by atoms with Crippen LogP contribution in [0.5, 0.6) is 0 Å². The zero-order valence-corrected chi connectivity index (χ0v) is 12.1. The van der Waals surface area contributed by atoms with Gasteiger partial charge in [0.1, 0.15) is 10.7 Å². The molecule has 1 atom stereocenters. The Balaban J connectivity index is 2.90. The van der Waals surface area contributed by atoms with Gasteiger partial charge in [0.15, 0.2) is 0 Å². The number of benzene rings is 1. The summed E-state index contributed by atoms with van der Waals surface area (Å²) in [6, 6.07) is 3.70. The fraction of sp³-hybridized carbons (Fsp3) is 0.538. The molecule has 1 aromatic rings. The number of hydrogen-bond donors (Lipinski definition) is 2. The van der Waals surface area contributed by atoms with Crippen LogP contribution in [0.4, 0.5) is 4.39 Å². The van der Waals surface area contributed by atoms with Crippen molar-refractivity contribution in [3.8, 4) is 0 Å². The van der Waals surface area contributed by atoms with Gasteiger partial charge in [-0.1, -0.05) is 25.8 Å². The summed E-state index contributed by atoms with van der Waals surface area (Å²) in [7, 11) is -3.85. The van der Waals surface area contributed by atoms with E-state index in [1.54, 1.807) is 13.0 Å². The molecule has 0 radical (unpaired) electrons. The molecule has 19 heavy (non-hydrogen) atoms. The van der Waals surface area contributed by atoms with Crippen LogP contribution >= 0.6 is 0 Å². The van der Waals surface area contributed by atoms with Gasteiger partial charge in [-0.25, -0.2) is 17.5 Å². The van der Waals surface area contributed by atoms with E-state index in [2.05, 4.69) is 4.72 Å². The lowest BCUT2D eigenvalue weighted by atomic mass is 10.1. The average Bonchev–Trinajstić information content (AvgIpc) is 2.33. The molecule has 1 unspecified atom stereocenters. The van der Waals surface area contributed by atoms with Gasteiger partial charge in [-0.3, -0.25) is 0 Å². The highest BCUT2D eigenvalue weighted by Gasteiger charge is 2.22. The number of nitrogens with one attached hydrogen (secondary N) is 1. The highest BCUT2D eigenvalue weighted by Crippen LogP contribution is 2.16. The van der Waals surface area contributed by atoms with Crippen molar-refractivity contribution in [1.82, 2.24) is 4.72 Å². The molecule has 0 aliphatic heterocycles. The number of rotatable bonds is 7. The highest BCUT2D eigenvalue weighted by atomic mass is 32.2. The molecule has 6 heteroatoms. The third kappa shape index (κ3) is 4.56. The van der Waals surface area contributed by atoms with Crippen molar-refractivity contribution in [2.45, 2.75) is 44.0 Å². The Labute approximate surface area is 114 Å². The Morgan fingerprint density at radius 3 is 2.63 bits per heavy atom. The van der Waals surface area contributed by atoms with E-state index in [1.165, 1.54) is 12.1 Å². The van der Waals surface area contributed by atoms with Crippen LogP contribution in [0.1, 0.15) is 31.7 Å². The van der Waals surface area contributed by atoms with Gasteiger partial charge in [0.05, 0.1) is 0 Å². The Kier molecular flexibility index (Phi) is 5.90. The third-order valence-electron chi connectivity index (χ3n) is 2.89. The maximum Gasteiger partial charge on any atom is 0.243 e. The number of hydrogen-bond acceptors (Lipinski definition) is 3. The molecule has 0 aliphatic rings. The highest BCUT2D eigenvalue weighted by molar-refractivity contribution is 7.89. The molecule has 0 heterocycles. The number of nitrogens with two attached hydrogens (primary N) is 1. The minimum Gasteiger partial charge on any atom is -0.329 e. The molecule has 0 spiro atoms. The van der Waals surface area contributed by atoms with Crippen LogP contribution in [0.25, 0.3) is 0 Å². The fourth-order valence-electron chi connectivity index (χ4n) is 1.78. The van der Waals surface area contributed by atoms with E-state index in [0.717, 1.165) is 12.8 Å². The fourth-order valence-corrected chi connectivity index (χ4v) is 3.12. The number of halogens is 1. The first-order valence-electron chi connectivity index (χ1n) is 6.39. The van der Waals surface area contributed by atoms with Crippen molar-refractivity contribution in [2.24, 2.45) is 5.73 Å². The molecule has 0 bridgehead atoms. The predicted octanol–water partition coefficient (Wildman–Crippen LogP) is 1.93. The first kappa shape index (κ1) is 16.1. The van der Waals surface area contributed by atoms with Crippen LogP contribution in [0.15, 0.2) is 23.1 Å². The lowest BCUT2D eigenvalue weighted by Crippen LogP contribution is -2.40. The van der Waals surface area contributed by atoms with Crippen molar-refractivity contribution >= 4 is 10.0 Å². The number of unbranched alkanes of at least 4 members (excludes halogenated alkanes) is 1. The lowest BCUT2D eigenvalue weighted by molar-refractivity contribution is 0.509. The molecule has 0 saturated heterocycles. The Morgan fingerprint density at radius 1 is 1.42 bits per heavy atom. The monoisotopic (exact) mass is 288 g/mol. The van der Waals surface area contributed by atoms with Crippen LogP contribution in [-0.2, 0) is 10.0 Å². The number of aryl methyl sites for hydroxylation is 1. The molecule has 1 rings (SSSR count). The van der Waals surface area contributed by atoms with Crippen LogP contribution in [0.3, 0.4) is 0 Å². The smallest absolute Gasteiger partial charge is 0.243 e. The zero-order valence-electron chi connectivity index (χ0n) is 11.3. The maximum absolute atomic E-state index is 13.7. The molecule has 4 nitrogen and oxygen atoms in total. The van der Waals surface area contributed by atoms with E-state index < -0.39 is 15.8 Å². The largest absolute Gasteiger partial charge is 0.329 e. The second-order valence-electron chi connectivity index (χ2n) is 4.63. The van der Waals surface area contributed by atoms with Gasteiger partial charge in [0, 0.05) is 12.6 Å².